The molecular formula is C24H24N2O5S. The van der Waals surface area contributed by atoms with Gasteiger partial charge >= 0.3 is 0 Å². The van der Waals surface area contributed by atoms with Gasteiger partial charge in [0, 0.05) is 23.4 Å². The fourth-order valence-corrected chi connectivity index (χ4v) is 4.35. The van der Waals surface area contributed by atoms with E-state index in [1.165, 1.54) is 0 Å². The average molecular weight is 453 g/mol. The maximum absolute atomic E-state index is 11.9. The minimum absolute atomic E-state index is 0.0816. The molecule has 0 spiro atoms. The molecule has 1 atom stereocenters. The number of carbonyl (C=O) groups is 1. The molecule has 0 fully saturated rings. The Morgan fingerprint density at radius 3 is 2.56 bits per heavy atom. The molecule has 166 valence electrons. The monoisotopic (exact) mass is 452 g/mol. The molecule has 1 aliphatic heterocycles. The average Bonchev–Trinajstić information content (AvgIpc) is 2.76. The van der Waals surface area contributed by atoms with Gasteiger partial charge in [-0.2, -0.15) is 0 Å². The molecule has 2 N–H and O–H groups in total. The second-order valence-electron chi connectivity index (χ2n) is 7.53. The molecule has 1 heterocycles. The molecule has 4 rings (SSSR count). The molecule has 1 aliphatic rings. The summed E-state index contributed by atoms with van der Waals surface area (Å²) >= 11 is 0. The molecule has 0 saturated heterocycles. The van der Waals surface area contributed by atoms with Gasteiger partial charge in [0.2, 0.25) is 15.9 Å². The van der Waals surface area contributed by atoms with Crippen molar-refractivity contribution in [1.29, 1.82) is 0 Å². The lowest BCUT2D eigenvalue weighted by molar-refractivity contribution is -0.115. The summed E-state index contributed by atoms with van der Waals surface area (Å²) in [6.45, 7) is 1.79. The van der Waals surface area contributed by atoms with Crippen molar-refractivity contribution >= 4 is 27.3 Å². The molecule has 3 aromatic carbocycles. The Labute approximate surface area is 187 Å². The highest BCUT2D eigenvalue weighted by Gasteiger charge is 2.30. The minimum atomic E-state index is -3.45. The number of hydrogen-bond donors (Lipinski definition) is 2. The van der Waals surface area contributed by atoms with E-state index >= 15 is 0 Å². The van der Waals surface area contributed by atoms with E-state index in [0.29, 0.717) is 29.3 Å². The van der Waals surface area contributed by atoms with Crippen LogP contribution < -0.4 is 19.5 Å². The van der Waals surface area contributed by atoms with Crippen LogP contribution in [0, 0.1) is 0 Å². The Bertz CT molecular complexity index is 1290. The number of amides is 1. The Morgan fingerprint density at radius 2 is 1.84 bits per heavy atom. The Morgan fingerprint density at radius 1 is 1.06 bits per heavy atom. The number of ether oxygens (including phenoxy) is 2. The summed E-state index contributed by atoms with van der Waals surface area (Å²) in [5.41, 5.74) is 4.41. The van der Waals surface area contributed by atoms with Crippen LogP contribution in [0.25, 0.3) is 11.1 Å². The number of rotatable bonds is 6. The van der Waals surface area contributed by atoms with E-state index in [4.69, 9.17) is 9.47 Å². The summed E-state index contributed by atoms with van der Waals surface area (Å²) in [7, 11) is -1.85. The van der Waals surface area contributed by atoms with E-state index in [-0.39, 0.29) is 5.91 Å². The molecule has 7 nitrogen and oxygen atoms in total. The third-order valence-electron chi connectivity index (χ3n) is 5.15. The maximum Gasteiger partial charge on any atom is 0.229 e. The van der Waals surface area contributed by atoms with E-state index in [1.807, 2.05) is 48.5 Å². The van der Waals surface area contributed by atoms with Crippen LogP contribution in [0.5, 0.6) is 11.5 Å². The van der Waals surface area contributed by atoms with Crippen LogP contribution in [0.2, 0.25) is 0 Å². The van der Waals surface area contributed by atoms with Crippen molar-refractivity contribution in [1.82, 2.24) is 0 Å². The summed E-state index contributed by atoms with van der Waals surface area (Å²) in [5.74, 6) is 1.24. The van der Waals surface area contributed by atoms with Crippen molar-refractivity contribution in [3.63, 3.8) is 0 Å². The Hall–Kier alpha value is -3.52. The zero-order valence-corrected chi connectivity index (χ0v) is 18.8. The van der Waals surface area contributed by atoms with Crippen molar-refractivity contribution in [2.24, 2.45) is 0 Å². The number of methoxy groups -OCH3 is 1. The zero-order chi connectivity index (χ0) is 22.9. The maximum atomic E-state index is 11.9. The van der Waals surface area contributed by atoms with Gasteiger partial charge in [-0.25, -0.2) is 8.42 Å². The number of sulfonamides is 1. The van der Waals surface area contributed by atoms with Crippen molar-refractivity contribution in [3.8, 4) is 22.6 Å². The Balaban J connectivity index is 1.86. The highest BCUT2D eigenvalue weighted by Crippen LogP contribution is 2.49. The van der Waals surface area contributed by atoms with Gasteiger partial charge in [-0.1, -0.05) is 31.2 Å². The fraction of sp³-hybridized carbons (Fsp3) is 0.208. The quantitative estimate of drug-likeness (QED) is 0.572. The second-order valence-corrected chi connectivity index (χ2v) is 9.28. The van der Waals surface area contributed by atoms with E-state index in [9.17, 15) is 13.2 Å². The molecule has 0 bridgehead atoms. The highest BCUT2D eigenvalue weighted by atomic mass is 32.2. The predicted molar refractivity (Wildman–Crippen MR) is 125 cm³/mol. The second kappa shape index (κ2) is 8.55. The van der Waals surface area contributed by atoms with Gasteiger partial charge in [0.25, 0.3) is 0 Å². The van der Waals surface area contributed by atoms with Gasteiger partial charge in [-0.05, 0) is 47.5 Å². The third kappa shape index (κ3) is 4.40. The zero-order valence-electron chi connectivity index (χ0n) is 18.0. The first-order valence-electron chi connectivity index (χ1n) is 10.1. The van der Waals surface area contributed by atoms with Crippen LogP contribution in [-0.2, 0) is 14.8 Å². The largest absolute Gasteiger partial charge is 0.496 e. The van der Waals surface area contributed by atoms with Crippen LogP contribution in [0.4, 0.5) is 11.4 Å². The van der Waals surface area contributed by atoms with Crippen molar-refractivity contribution in [2.75, 3.05) is 23.4 Å². The minimum Gasteiger partial charge on any atom is -0.496 e. The molecule has 1 amide bonds. The lowest BCUT2D eigenvalue weighted by atomic mass is 9.88. The number of nitrogens with one attached hydrogen (secondary N) is 2. The lowest BCUT2D eigenvalue weighted by Crippen LogP contribution is -2.18. The first-order valence-corrected chi connectivity index (χ1v) is 12.0. The number of fused-ring (bicyclic) bond motifs is 3. The van der Waals surface area contributed by atoms with Crippen LogP contribution in [0.1, 0.15) is 30.6 Å². The Kier molecular flexibility index (Phi) is 5.80. The van der Waals surface area contributed by atoms with Gasteiger partial charge in [0.1, 0.15) is 17.6 Å². The van der Waals surface area contributed by atoms with Gasteiger partial charge < -0.3 is 14.8 Å². The first kappa shape index (κ1) is 21.7. The summed E-state index contributed by atoms with van der Waals surface area (Å²) in [6, 6.07) is 18.4. The molecule has 1 unspecified atom stereocenters. The topological polar surface area (TPSA) is 93.7 Å². The molecule has 0 aliphatic carbocycles. The van der Waals surface area contributed by atoms with Crippen LogP contribution in [-0.4, -0.2) is 27.7 Å². The number of benzene rings is 3. The van der Waals surface area contributed by atoms with E-state index in [2.05, 4.69) is 10.0 Å². The molecule has 0 aromatic heterocycles. The van der Waals surface area contributed by atoms with Crippen molar-refractivity contribution in [3.05, 3.63) is 71.8 Å². The van der Waals surface area contributed by atoms with Crippen LogP contribution in [0.3, 0.4) is 0 Å². The van der Waals surface area contributed by atoms with Crippen LogP contribution >= 0.6 is 0 Å². The summed E-state index contributed by atoms with van der Waals surface area (Å²) in [4.78, 5) is 11.9. The van der Waals surface area contributed by atoms with Gasteiger partial charge in [-0.3, -0.25) is 9.52 Å². The number of hydrogen-bond acceptors (Lipinski definition) is 5. The summed E-state index contributed by atoms with van der Waals surface area (Å²) in [6.07, 6.45) is 0.976. The first-order chi connectivity index (χ1) is 15.3. The summed E-state index contributed by atoms with van der Waals surface area (Å²) in [5, 5.41) is 2.87. The molecule has 0 radical (unpaired) electrons. The van der Waals surface area contributed by atoms with Gasteiger partial charge in [-0.15, -0.1) is 0 Å². The van der Waals surface area contributed by atoms with Gasteiger partial charge in [0.15, 0.2) is 0 Å². The SMILES string of the molecule is CCC(=O)Nc1cccc(C2Oc3cccc(OC)c3-c3ccc(NS(C)(=O)=O)cc32)c1. The lowest BCUT2D eigenvalue weighted by Gasteiger charge is -2.30. The predicted octanol–water partition coefficient (Wildman–Crippen LogP) is 4.56. The standard InChI is InChI=1S/C24H24N2O5S/c1-4-22(27)25-16-8-5-7-15(13-16)24-19-14-17(26-32(3,28)29)11-12-18(19)23-20(30-2)9-6-10-21(23)31-24/h5-14,24,26H,4H2,1-3H3,(H,25,27). The van der Waals surface area contributed by atoms with E-state index in [0.717, 1.165) is 28.5 Å². The van der Waals surface area contributed by atoms with Crippen molar-refractivity contribution < 1.29 is 22.7 Å². The molecule has 8 heteroatoms. The molecule has 0 saturated carbocycles. The third-order valence-corrected chi connectivity index (χ3v) is 5.76. The van der Waals surface area contributed by atoms with Crippen molar-refractivity contribution in [2.45, 2.75) is 19.4 Å². The highest BCUT2D eigenvalue weighted by molar-refractivity contribution is 7.92. The fourth-order valence-electron chi connectivity index (χ4n) is 3.80. The molecular weight excluding hydrogens is 428 g/mol. The number of carbonyl (C=O) groups excluding carboxylic acids is 1. The number of anilines is 2. The van der Waals surface area contributed by atoms with Gasteiger partial charge in [0.05, 0.1) is 18.9 Å². The molecule has 32 heavy (non-hydrogen) atoms. The van der Waals surface area contributed by atoms with E-state index in [1.54, 1.807) is 26.2 Å². The molecule has 3 aromatic rings. The van der Waals surface area contributed by atoms with E-state index < -0.39 is 16.1 Å². The summed E-state index contributed by atoms with van der Waals surface area (Å²) < 4.78 is 38.1. The smallest absolute Gasteiger partial charge is 0.229 e. The van der Waals surface area contributed by atoms with Crippen LogP contribution in [0.15, 0.2) is 60.7 Å². The normalized spacial score (nSPS) is 14.5.